The van der Waals surface area contributed by atoms with Gasteiger partial charge < -0.3 is 19.3 Å². The van der Waals surface area contributed by atoms with Crippen molar-refractivity contribution in [2.45, 2.75) is 90.6 Å². The highest BCUT2D eigenvalue weighted by molar-refractivity contribution is 8.76. The number of anilines is 2. The number of thiocarbonyl (C=S) groups is 2. The zero-order chi connectivity index (χ0) is 37.8. The lowest BCUT2D eigenvalue weighted by Gasteiger charge is -2.20. The first-order chi connectivity index (χ1) is 25.3. The van der Waals surface area contributed by atoms with Crippen LogP contribution in [0.15, 0.2) is 48.5 Å². The van der Waals surface area contributed by atoms with Crippen molar-refractivity contribution in [2.24, 2.45) is 0 Å². The van der Waals surface area contributed by atoms with Gasteiger partial charge in [0.05, 0.1) is 13.2 Å². The summed E-state index contributed by atoms with van der Waals surface area (Å²) >= 11 is 14.3. The fourth-order valence-corrected chi connectivity index (χ4v) is 9.80. The van der Waals surface area contributed by atoms with Gasteiger partial charge in [0.1, 0.15) is 8.64 Å². The molecule has 0 aliphatic heterocycles. The molecule has 0 fully saturated rings. The van der Waals surface area contributed by atoms with Crippen molar-refractivity contribution >= 4 is 102 Å². The van der Waals surface area contributed by atoms with Crippen LogP contribution in [0.1, 0.15) is 90.2 Å². The van der Waals surface area contributed by atoms with Gasteiger partial charge in [-0.2, -0.15) is 0 Å². The van der Waals surface area contributed by atoms with Crippen LogP contribution < -0.4 is 10.6 Å². The van der Waals surface area contributed by atoms with Crippen molar-refractivity contribution in [3.8, 4) is 0 Å². The maximum absolute atomic E-state index is 12.1. The molecule has 14 heteroatoms. The monoisotopic (exact) mass is 826 g/mol. The van der Waals surface area contributed by atoms with E-state index in [1.54, 1.807) is 23.5 Å². The summed E-state index contributed by atoms with van der Waals surface area (Å²) in [6.07, 6.45) is 7.66. The Kier molecular flexibility index (Phi) is 26.3. The summed E-state index contributed by atoms with van der Waals surface area (Å²) in [7, 11) is 3.87. The lowest BCUT2D eigenvalue weighted by molar-refractivity contribution is 0.158. The highest BCUT2D eigenvalue weighted by Crippen LogP contribution is 2.25. The van der Waals surface area contributed by atoms with Gasteiger partial charge in [-0.1, -0.05) is 119 Å². The standard InChI is InChI=1S/C38H58N4O4S6/c1-5-41(6-2)37(47)49-29-31-17-21-33(22-18-31)39-35(43)45-25-13-9-11-15-27-51-52-28-16-12-10-14-26-46-36(44)40-34-23-19-32(20-24-34)30-50-38(48)42(7-3)8-4/h17-24H,5-16,25-30H2,1-4H3,(H,39,43)(H,40,44). The maximum Gasteiger partial charge on any atom is 0.411 e. The summed E-state index contributed by atoms with van der Waals surface area (Å²) in [5.41, 5.74) is 3.79. The predicted molar refractivity (Wildman–Crippen MR) is 238 cm³/mol. The number of unbranched alkanes of at least 4 members (excludes halogenated alkanes) is 6. The molecule has 0 atom stereocenters. The van der Waals surface area contributed by atoms with Gasteiger partial charge in [-0.3, -0.25) is 10.6 Å². The maximum atomic E-state index is 12.1. The molecule has 0 saturated carbocycles. The molecule has 52 heavy (non-hydrogen) atoms. The summed E-state index contributed by atoms with van der Waals surface area (Å²) in [4.78, 5) is 28.6. The van der Waals surface area contributed by atoms with Crippen LogP contribution in [0.25, 0.3) is 0 Å². The number of nitrogens with zero attached hydrogens (tertiary/aromatic N) is 2. The van der Waals surface area contributed by atoms with Crippen molar-refractivity contribution < 1.29 is 19.1 Å². The Balaban J connectivity index is 1.37. The van der Waals surface area contributed by atoms with Crippen molar-refractivity contribution in [1.29, 1.82) is 0 Å². The lowest BCUT2D eigenvalue weighted by Crippen LogP contribution is -2.26. The van der Waals surface area contributed by atoms with Gasteiger partial charge in [0.25, 0.3) is 0 Å². The molecular weight excluding hydrogens is 769 g/mol. The molecule has 2 N–H and O–H groups in total. The van der Waals surface area contributed by atoms with Crippen LogP contribution in [0, 0.1) is 0 Å². The van der Waals surface area contributed by atoms with Crippen LogP contribution in [0.5, 0.6) is 0 Å². The van der Waals surface area contributed by atoms with Crippen molar-refractivity contribution in [1.82, 2.24) is 9.80 Å². The van der Waals surface area contributed by atoms with E-state index >= 15 is 0 Å². The zero-order valence-electron chi connectivity index (χ0n) is 31.3. The van der Waals surface area contributed by atoms with Crippen LogP contribution in [-0.4, -0.2) is 81.5 Å². The van der Waals surface area contributed by atoms with Gasteiger partial charge >= 0.3 is 12.2 Å². The van der Waals surface area contributed by atoms with Gasteiger partial charge in [-0.15, -0.1) is 0 Å². The van der Waals surface area contributed by atoms with Gasteiger partial charge in [0.15, 0.2) is 0 Å². The molecule has 2 amide bonds. The third-order valence-corrected chi connectivity index (χ3v) is 13.7. The summed E-state index contributed by atoms with van der Waals surface area (Å²) in [6, 6.07) is 15.7. The van der Waals surface area contributed by atoms with E-state index < -0.39 is 12.2 Å². The molecule has 0 aliphatic carbocycles. The minimum atomic E-state index is -0.408. The first-order valence-corrected chi connectivity index (χ1v) is 23.7. The normalized spacial score (nSPS) is 10.8. The van der Waals surface area contributed by atoms with Gasteiger partial charge in [-0.25, -0.2) is 9.59 Å². The quantitative estimate of drug-likeness (QED) is 0.0568. The third kappa shape index (κ3) is 21.2. The minimum absolute atomic E-state index is 0.408. The molecule has 2 aromatic rings. The van der Waals surface area contributed by atoms with Crippen molar-refractivity contribution in [3.63, 3.8) is 0 Å². The zero-order valence-corrected chi connectivity index (χ0v) is 36.2. The van der Waals surface area contributed by atoms with Crippen molar-refractivity contribution in [2.75, 3.05) is 61.5 Å². The minimum Gasteiger partial charge on any atom is -0.449 e. The number of ether oxygens (including phenoxy) is 2. The van der Waals surface area contributed by atoms with E-state index in [1.165, 1.54) is 12.8 Å². The van der Waals surface area contributed by atoms with Gasteiger partial charge in [0, 0.05) is 60.6 Å². The Bertz CT molecular complexity index is 1200. The molecule has 0 aliphatic rings. The van der Waals surface area contributed by atoms with Gasteiger partial charge in [0.2, 0.25) is 0 Å². The fraction of sp³-hybridized carbons (Fsp3) is 0.579. The molecule has 8 nitrogen and oxygen atoms in total. The highest BCUT2D eigenvalue weighted by Gasteiger charge is 2.09. The van der Waals surface area contributed by atoms with E-state index in [4.69, 9.17) is 33.9 Å². The summed E-state index contributed by atoms with van der Waals surface area (Å²) < 4.78 is 12.5. The predicted octanol–water partition coefficient (Wildman–Crippen LogP) is 11.7. The molecule has 0 unspecified atom stereocenters. The molecule has 0 aromatic heterocycles. The van der Waals surface area contributed by atoms with Crippen molar-refractivity contribution in [3.05, 3.63) is 59.7 Å². The van der Waals surface area contributed by atoms with Crippen LogP contribution in [0.2, 0.25) is 0 Å². The average Bonchev–Trinajstić information content (AvgIpc) is 3.15. The lowest BCUT2D eigenvalue weighted by atomic mass is 10.2. The Labute approximate surface area is 340 Å². The van der Waals surface area contributed by atoms with E-state index in [-0.39, 0.29) is 0 Å². The Hall–Kier alpha value is -1.84. The number of amides is 2. The molecule has 0 spiro atoms. The number of thioether (sulfide) groups is 2. The number of carbonyl (C=O) groups is 2. The van der Waals surface area contributed by atoms with Crippen LogP contribution in [0.4, 0.5) is 21.0 Å². The van der Waals surface area contributed by atoms with E-state index in [0.717, 1.165) is 119 Å². The Morgan fingerprint density at radius 2 is 0.904 bits per heavy atom. The third-order valence-electron chi connectivity index (χ3n) is 7.96. The van der Waals surface area contributed by atoms with Crippen LogP contribution >= 0.6 is 69.5 Å². The van der Waals surface area contributed by atoms with Crippen LogP contribution in [0.3, 0.4) is 0 Å². The number of hydrogen-bond donors (Lipinski definition) is 2. The Morgan fingerprint density at radius 1 is 0.558 bits per heavy atom. The number of carbonyl (C=O) groups excluding carboxylic acids is 2. The molecule has 2 aromatic carbocycles. The second kappa shape index (κ2) is 29.5. The summed E-state index contributed by atoms with van der Waals surface area (Å²) in [5.74, 6) is 3.89. The van der Waals surface area contributed by atoms with E-state index in [2.05, 4.69) is 48.1 Å². The SMILES string of the molecule is CCN(CC)C(=S)SCc1ccc(NC(=O)OCCCCCCSSCCCCCCOC(=O)Nc2ccc(CSC(=S)N(CC)CC)cc2)cc1. The molecular formula is C38H58N4O4S6. The van der Waals surface area contributed by atoms with Gasteiger partial charge in [-0.05, 0) is 88.8 Å². The van der Waals surface area contributed by atoms with E-state index in [0.29, 0.717) is 13.2 Å². The van der Waals surface area contributed by atoms with Crippen LogP contribution in [-0.2, 0) is 21.0 Å². The molecule has 0 bridgehead atoms. The molecule has 0 heterocycles. The van der Waals surface area contributed by atoms with E-state index in [1.807, 2.05) is 70.1 Å². The highest BCUT2D eigenvalue weighted by atomic mass is 33.1. The van der Waals surface area contributed by atoms with E-state index in [9.17, 15) is 9.59 Å². The summed E-state index contributed by atoms with van der Waals surface area (Å²) in [6.45, 7) is 13.0. The molecule has 2 rings (SSSR count). The largest absolute Gasteiger partial charge is 0.449 e. The smallest absolute Gasteiger partial charge is 0.411 e. The number of nitrogens with one attached hydrogen (secondary N) is 2. The number of rotatable bonds is 25. The molecule has 0 radical (unpaired) electrons. The number of hydrogen-bond acceptors (Lipinski definition) is 10. The number of benzene rings is 2. The summed E-state index contributed by atoms with van der Waals surface area (Å²) in [5, 5.41) is 5.62. The first kappa shape index (κ1) is 46.3. The second-order valence-corrected chi connectivity index (χ2v) is 17.8. The topological polar surface area (TPSA) is 83.1 Å². The Morgan fingerprint density at radius 3 is 1.25 bits per heavy atom. The fourth-order valence-electron chi connectivity index (χ4n) is 4.79. The molecule has 0 saturated heterocycles. The molecule has 290 valence electrons. The second-order valence-electron chi connectivity index (χ2n) is 11.8. The first-order valence-electron chi connectivity index (χ1n) is 18.4. The average molecular weight is 827 g/mol.